The zero-order valence-electron chi connectivity index (χ0n) is 28.2. The third-order valence-electron chi connectivity index (χ3n) is 7.78. The molecule has 5 aromatic rings. The normalized spacial score (nSPS) is 13.2. The summed E-state index contributed by atoms with van der Waals surface area (Å²) in [6.45, 7) is 2.43. The maximum absolute atomic E-state index is 13.7. The molecule has 1 atom stereocenters. The number of amidine groups is 1. The molecule has 0 saturated carbocycles. The molecule has 0 fully saturated rings. The van der Waals surface area contributed by atoms with Crippen LogP contribution in [0.2, 0.25) is 0 Å². The highest BCUT2D eigenvalue weighted by molar-refractivity contribution is 8.00. The van der Waals surface area contributed by atoms with Gasteiger partial charge >= 0.3 is 0 Å². The van der Waals surface area contributed by atoms with Crippen molar-refractivity contribution in [3.8, 4) is 5.75 Å². The van der Waals surface area contributed by atoms with Crippen LogP contribution in [0.5, 0.6) is 5.75 Å². The molecule has 11 heteroatoms. The molecule has 10 nitrogen and oxygen atoms in total. The molecular formula is C41H35N5O5S. The Hall–Kier alpha value is -6.46. The van der Waals surface area contributed by atoms with Crippen molar-refractivity contribution in [2.24, 2.45) is 5.10 Å². The van der Waals surface area contributed by atoms with Gasteiger partial charge in [0.2, 0.25) is 5.91 Å². The summed E-state index contributed by atoms with van der Waals surface area (Å²) in [4.78, 5) is 53.8. The molecule has 1 aliphatic heterocycles. The first-order valence-corrected chi connectivity index (χ1v) is 17.4. The summed E-state index contributed by atoms with van der Waals surface area (Å²) < 4.78 is 5.53. The van der Waals surface area contributed by atoms with Crippen molar-refractivity contribution in [2.75, 3.05) is 16.9 Å². The third-order valence-corrected chi connectivity index (χ3v) is 9.05. The van der Waals surface area contributed by atoms with E-state index in [1.54, 1.807) is 91.0 Å². The number of hydrogen-bond donors (Lipinski definition) is 3. The average Bonchev–Trinajstić information content (AvgIpc) is 3.55. The Bertz CT molecular complexity index is 2090. The SMILES string of the molecule is CCOc1ccc(/C=C(\NC(=O)c2ccccc2)C(=O)Nc2ccc(SC(C(=O)NC3=NN(c4ccccc4)C(=O)C3)c3ccccc3)cc2)cc1. The summed E-state index contributed by atoms with van der Waals surface area (Å²) in [6, 6.07) is 41.3. The number of nitrogens with one attached hydrogen (secondary N) is 3. The fourth-order valence-electron chi connectivity index (χ4n) is 5.27. The zero-order chi connectivity index (χ0) is 36.3. The van der Waals surface area contributed by atoms with Crippen molar-refractivity contribution in [1.82, 2.24) is 10.6 Å². The molecule has 260 valence electrons. The second kappa shape index (κ2) is 17.0. The van der Waals surface area contributed by atoms with E-state index >= 15 is 0 Å². The number of thioether (sulfide) groups is 1. The van der Waals surface area contributed by atoms with E-state index < -0.39 is 17.1 Å². The van der Waals surface area contributed by atoms with Crippen LogP contribution in [-0.4, -0.2) is 36.1 Å². The first kappa shape index (κ1) is 35.4. The standard InChI is InChI=1S/C41H35N5O5S/c1-2-51-33-22-18-28(19-23-33)26-35(43-39(48)30-14-8-4-9-15-30)40(49)42-31-20-24-34(25-21-31)52-38(29-12-6-3-7-13-29)41(50)44-36-27-37(47)46(45-36)32-16-10-5-11-17-32/h3-26,38H,2,27H2,1H3,(H,42,49)(H,43,48)(H,44,45,50)/b35-26-. The fourth-order valence-corrected chi connectivity index (χ4v) is 6.29. The van der Waals surface area contributed by atoms with Gasteiger partial charge in [0.05, 0.1) is 18.7 Å². The van der Waals surface area contributed by atoms with Gasteiger partial charge in [-0.05, 0) is 84.8 Å². The Labute approximate surface area is 305 Å². The number of ether oxygens (including phenoxy) is 1. The van der Waals surface area contributed by atoms with Crippen molar-refractivity contribution >= 4 is 58.7 Å². The van der Waals surface area contributed by atoms with Gasteiger partial charge in [-0.2, -0.15) is 10.1 Å². The van der Waals surface area contributed by atoms with Gasteiger partial charge in [0, 0.05) is 16.1 Å². The Morgan fingerprint density at radius 2 is 1.44 bits per heavy atom. The largest absolute Gasteiger partial charge is 0.494 e. The van der Waals surface area contributed by atoms with Crippen LogP contribution in [0.25, 0.3) is 6.08 Å². The van der Waals surface area contributed by atoms with E-state index in [1.807, 2.05) is 61.5 Å². The Morgan fingerprint density at radius 3 is 2.10 bits per heavy atom. The van der Waals surface area contributed by atoms with Crippen LogP contribution in [0, 0.1) is 0 Å². The van der Waals surface area contributed by atoms with E-state index in [-0.39, 0.29) is 29.8 Å². The number of amides is 4. The van der Waals surface area contributed by atoms with Crippen molar-refractivity contribution < 1.29 is 23.9 Å². The Balaban J connectivity index is 1.17. The summed E-state index contributed by atoms with van der Waals surface area (Å²) in [7, 11) is 0. The lowest BCUT2D eigenvalue weighted by Crippen LogP contribution is -2.33. The quantitative estimate of drug-likeness (QED) is 0.0929. The van der Waals surface area contributed by atoms with E-state index in [1.165, 1.54) is 16.8 Å². The number of carbonyl (C=O) groups excluding carboxylic acids is 4. The van der Waals surface area contributed by atoms with E-state index in [0.717, 1.165) is 10.5 Å². The molecule has 0 bridgehead atoms. The van der Waals surface area contributed by atoms with Gasteiger partial charge in [-0.15, -0.1) is 11.8 Å². The summed E-state index contributed by atoms with van der Waals surface area (Å²) in [5.74, 6) is -0.538. The number of rotatable bonds is 12. The molecule has 1 heterocycles. The number of para-hydroxylation sites is 1. The minimum atomic E-state index is -0.665. The predicted octanol–water partition coefficient (Wildman–Crippen LogP) is 7.19. The van der Waals surface area contributed by atoms with E-state index in [2.05, 4.69) is 21.1 Å². The molecule has 0 radical (unpaired) electrons. The van der Waals surface area contributed by atoms with E-state index in [0.29, 0.717) is 34.9 Å². The average molecular weight is 710 g/mol. The lowest BCUT2D eigenvalue weighted by molar-refractivity contribution is -0.119. The van der Waals surface area contributed by atoms with E-state index in [9.17, 15) is 19.2 Å². The lowest BCUT2D eigenvalue weighted by Gasteiger charge is -2.17. The van der Waals surface area contributed by atoms with Crippen LogP contribution in [-0.2, 0) is 14.4 Å². The fraction of sp³-hybridized carbons (Fsp3) is 0.0976. The molecule has 0 saturated heterocycles. The van der Waals surface area contributed by atoms with Gasteiger partial charge in [0.15, 0.2) is 0 Å². The summed E-state index contributed by atoms with van der Waals surface area (Å²) in [5.41, 5.74) is 3.03. The highest BCUT2D eigenvalue weighted by atomic mass is 32.2. The third kappa shape index (κ3) is 9.20. The molecule has 4 amide bonds. The molecule has 0 aromatic heterocycles. The molecule has 52 heavy (non-hydrogen) atoms. The summed E-state index contributed by atoms with van der Waals surface area (Å²) in [5, 5.41) is 13.5. The molecule has 5 aromatic carbocycles. The summed E-state index contributed by atoms with van der Waals surface area (Å²) >= 11 is 1.32. The molecule has 1 aliphatic rings. The van der Waals surface area contributed by atoms with Crippen LogP contribution in [0.3, 0.4) is 0 Å². The highest BCUT2D eigenvalue weighted by Gasteiger charge is 2.29. The Morgan fingerprint density at radius 1 is 0.808 bits per heavy atom. The molecule has 0 spiro atoms. The predicted molar refractivity (Wildman–Crippen MR) is 204 cm³/mol. The topological polar surface area (TPSA) is 129 Å². The van der Waals surface area contributed by atoms with Gasteiger partial charge in [-0.1, -0.05) is 78.9 Å². The number of nitrogens with zero attached hydrogens (tertiary/aromatic N) is 2. The number of carbonyl (C=O) groups is 4. The van der Waals surface area contributed by atoms with Gasteiger partial charge in [0.1, 0.15) is 22.5 Å². The number of benzene rings is 5. The van der Waals surface area contributed by atoms with Gasteiger partial charge < -0.3 is 20.7 Å². The van der Waals surface area contributed by atoms with Crippen molar-refractivity contribution in [3.63, 3.8) is 0 Å². The molecular weight excluding hydrogens is 675 g/mol. The van der Waals surface area contributed by atoms with Crippen LogP contribution in [0.15, 0.2) is 155 Å². The second-order valence-electron chi connectivity index (χ2n) is 11.5. The van der Waals surface area contributed by atoms with Crippen molar-refractivity contribution in [1.29, 1.82) is 0 Å². The monoisotopic (exact) mass is 709 g/mol. The summed E-state index contributed by atoms with van der Waals surface area (Å²) in [6.07, 6.45) is 1.57. The van der Waals surface area contributed by atoms with Crippen LogP contribution in [0.1, 0.15) is 40.1 Å². The lowest BCUT2D eigenvalue weighted by atomic mass is 10.1. The van der Waals surface area contributed by atoms with Crippen LogP contribution >= 0.6 is 11.8 Å². The molecule has 6 rings (SSSR count). The minimum Gasteiger partial charge on any atom is -0.494 e. The minimum absolute atomic E-state index is 0.0258. The second-order valence-corrected chi connectivity index (χ2v) is 12.7. The van der Waals surface area contributed by atoms with Gasteiger partial charge in [0.25, 0.3) is 17.7 Å². The number of hydrazone groups is 1. The van der Waals surface area contributed by atoms with Crippen molar-refractivity contribution in [2.45, 2.75) is 23.5 Å². The van der Waals surface area contributed by atoms with Crippen molar-refractivity contribution in [3.05, 3.63) is 162 Å². The Kier molecular flexibility index (Phi) is 11.5. The zero-order valence-corrected chi connectivity index (χ0v) is 29.0. The van der Waals surface area contributed by atoms with Crippen LogP contribution < -0.4 is 25.7 Å². The number of hydrogen-bond acceptors (Lipinski definition) is 7. The number of anilines is 2. The molecule has 0 aliphatic carbocycles. The first-order valence-electron chi connectivity index (χ1n) is 16.6. The van der Waals surface area contributed by atoms with Gasteiger partial charge in [-0.3, -0.25) is 19.2 Å². The molecule has 3 N–H and O–H groups in total. The van der Waals surface area contributed by atoms with E-state index in [4.69, 9.17) is 4.74 Å². The first-order chi connectivity index (χ1) is 25.4. The molecule has 1 unspecified atom stereocenters. The van der Waals surface area contributed by atoms with Crippen LogP contribution in [0.4, 0.5) is 11.4 Å². The highest BCUT2D eigenvalue weighted by Crippen LogP contribution is 2.36. The maximum Gasteiger partial charge on any atom is 0.272 e. The maximum atomic E-state index is 13.7. The van der Waals surface area contributed by atoms with Gasteiger partial charge in [-0.25, -0.2) is 0 Å². The smallest absolute Gasteiger partial charge is 0.272 e.